The molecule has 1 atom stereocenters. The molecule has 4 nitrogen and oxygen atoms in total. The molecule has 1 aliphatic rings. The predicted molar refractivity (Wildman–Crippen MR) is 114 cm³/mol. The van der Waals surface area contributed by atoms with Crippen LogP contribution in [0.25, 0.3) is 0 Å². The second-order valence-corrected chi connectivity index (χ2v) is 8.10. The van der Waals surface area contributed by atoms with Crippen molar-refractivity contribution < 1.29 is 9.53 Å². The maximum atomic E-state index is 12.6. The summed E-state index contributed by atoms with van der Waals surface area (Å²) in [5, 5.41) is 3.88. The fourth-order valence-corrected chi connectivity index (χ4v) is 3.80. The molecule has 1 amide bonds. The second-order valence-electron chi connectivity index (χ2n) is 7.67. The molecule has 1 unspecified atom stereocenters. The quantitative estimate of drug-likeness (QED) is 0.746. The van der Waals surface area contributed by atoms with Gasteiger partial charge >= 0.3 is 0 Å². The zero-order valence-electron chi connectivity index (χ0n) is 16.7. The summed E-state index contributed by atoms with van der Waals surface area (Å²) in [6, 6.07) is 15.9. The molecule has 0 bridgehead atoms. The average molecular weight is 401 g/mol. The van der Waals surface area contributed by atoms with Crippen LogP contribution in [-0.4, -0.2) is 36.5 Å². The van der Waals surface area contributed by atoms with Crippen molar-refractivity contribution in [2.24, 2.45) is 5.92 Å². The van der Waals surface area contributed by atoms with E-state index in [1.165, 1.54) is 5.56 Å². The van der Waals surface area contributed by atoms with Crippen molar-refractivity contribution in [1.29, 1.82) is 0 Å². The zero-order valence-corrected chi connectivity index (χ0v) is 17.4. The summed E-state index contributed by atoms with van der Waals surface area (Å²) in [6.07, 6.45) is 1.77. The molecule has 0 spiro atoms. The van der Waals surface area contributed by atoms with Gasteiger partial charge in [0.2, 0.25) is 5.91 Å². The Labute approximate surface area is 172 Å². The predicted octanol–water partition coefficient (Wildman–Crippen LogP) is 4.44. The largest absolute Gasteiger partial charge is 0.491 e. The van der Waals surface area contributed by atoms with Crippen LogP contribution in [-0.2, 0) is 11.3 Å². The number of carbonyl (C=O) groups is 1. The van der Waals surface area contributed by atoms with E-state index in [-0.39, 0.29) is 17.9 Å². The van der Waals surface area contributed by atoms with Crippen LogP contribution in [0.1, 0.15) is 30.9 Å². The number of amides is 1. The van der Waals surface area contributed by atoms with Crippen molar-refractivity contribution in [3.05, 3.63) is 64.7 Å². The highest BCUT2D eigenvalue weighted by Gasteiger charge is 2.25. The highest BCUT2D eigenvalue weighted by Crippen LogP contribution is 2.21. The second kappa shape index (κ2) is 9.94. The number of piperidine rings is 1. The van der Waals surface area contributed by atoms with Gasteiger partial charge < -0.3 is 10.1 Å². The molecule has 0 radical (unpaired) electrons. The van der Waals surface area contributed by atoms with Gasteiger partial charge in [-0.1, -0.05) is 41.9 Å². The van der Waals surface area contributed by atoms with Gasteiger partial charge in [-0.15, -0.1) is 0 Å². The Bertz CT molecular complexity index is 788. The summed E-state index contributed by atoms with van der Waals surface area (Å²) in [7, 11) is 0. The highest BCUT2D eigenvalue weighted by molar-refractivity contribution is 6.30. The van der Waals surface area contributed by atoms with Crippen molar-refractivity contribution in [2.45, 2.75) is 39.3 Å². The highest BCUT2D eigenvalue weighted by atomic mass is 35.5. The first-order valence-electron chi connectivity index (χ1n) is 9.97. The molecule has 1 fully saturated rings. The number of aryl methyl sites for hydroxylation is 1. The molecule has 150 valence electrons. The number of carbonyl (C=O) groups excluding carboxylic acids is 1. The Morgan fingerprint density at radius 2 is 1.96 bits per heavy atom. The van der Waals surface area contributed by atoms with Crippen molar-refractivity contribution in [3.8, 4) is 5.75 Å². The summed E-state index contributed by atoms with van der Waals surface area (Å²) in [5.74, 6) is 1.10. The number of hydrogen-bond donors (Lipinski definition) is 1. The standard InChI is InChI=1S/C23H29ClN2O2/c1-17-6-3-4-9-22(17)28-16-18(2)25-23(27)20-10-12-26(13-11-20)15-19-7-5-8-21(24)14-19/h3-9,14,18,20H,10-13,15-16H2,1-2H3,(H,25,27). The lowest BCUT2D eigenvalue weighted by Crippen LogP contribution is -2.44. The van der Waals surface area contributed by atoms with Crippen molar-refractivity contribution in [3.63, 3.8) is 0 Å². The Morgan fingerprint density at radius 1 is 1.21 bits per heavy atom. The molecule has 0 saturated carbocycles. The van der Waals surface area contributed by atoms with Crippen molar-refractivity contribution >= 4 is 17.5 Å². The lowest BCUT2D eigenvalue weighted by atomic mass is 9.95. The topological polar surface area (TPSA) is 41.6 Å². The van der Waals surface area contributed by atoms with Gasteiger partial charge in [0.25, 0.3) is 0 Å². The molecule has 28 heavy (non-hydrogen) atoms. The van der Waals surface area contributed by atoms with Gasteiger partial charge in [0, 0.05) is 17.5 Å². The Balaban J connectivity index is 1.40. The number of ether oxygens (including phenoxy) is 1. The maximum absolute atomic E-state index is 12.6. The summed E-state index contributed by atoms with van der Waals surface area (Å²) in [5.41, 5.74) is 2.32. The van der Waals surface area contributed by atoms with Crippen molar-refractivity contribution in [2.75, 3.05) is 19.7 Å². The maximum Gasteiger partial charge on any atom is 0.223 e. The first-order valence-corrected chi connectivity index (χ1v) is 10.3. The van der Waals surface area contributed by atoms with E-state index in [1.54, 1.807) is 0 Å². The third-order valence-corrected chi connectivity index (χ3v) is 5.46. The normalized spacial score (nSPS) is 16.5. The number of para-hydroxylation sites is 1. The average Bonchev–Trinajstić information content (AvgIpc) is 2.68. The van der Waals surface area contributed by atoms with Crippen LogP contribution in [0.15, 0.2) is 48.5 Å². The molecule has 1 N–H and O–H groups in total. The summed E-state index contributed by atoms with van der Waals surface area (Å²) in [6.45, 7) is 7.23. The molecule has 1 saturated heterocycles. The van der Waals surface area contributed by atoms with Crippen LogP contribution < -0.4 is 10.1 Å². The third-order valence-electron chi connectivity index (χ3n) is 5.22. The van der Waals surface area contributed by atoms with Crippen LogP contribution in [0.5, 0.6) is 5.75 Å². The Morgan fingerprint density at radius 3 is 2.68 bits per heavy atom. The number of benzene rings is 2. The Hall–Kier alpha value is -2.04. The van der Waals surface area contributed by atoms with E-state index >= 15 is 0 Å². The smallest absolute Gasteiger partial charge is 0.223 e. The first kappa shape index (κ1) is 20.7. The minimum atomic E-state index is -0.0170. The SMILES string of the molecule is Cc1ccccc1OCC(C)NC(=O)C1CCN(Cc2cccc(Cl)c2)CC1. The molecule has 3 rings (SSSR count). The minimum absolute atomic E-state index is 0.0170. The monoisotopic (exact) mass is 400 g/mol. The molecular weight excluding hydrogens is 372 g/mol. The number of likely N-dealkylation sites (tertiary alicyclic amines) is 1. The molecule has 5 heteroatoms. The van der Waals surface area contributed by atoms with E-state index < -0.39 is 0 Å². The fourth-order valence-electron chi connectivity index (χ4n) is 3.58. The zero-order chi connectivity index (χ0) is 19.9. The van der Waals surface area contributed by atoms with Gasteiger partial charge in [0.1, 0.15) is 12.4 Å². The minimum Gasteiger partial charge on any atom is -0.491 e. The van der Waals surface area contributed by atoms with Gasteiger partial charge in [0.05, 0.1) is 6.04 Å². The van der Waals surface area contributed by atoms with Gasteiger partial charge in [-0.25, -0.2) is 0 Å². The van der Waals surface area contributed by atoms with E-state index in [9.17, 15) is 4.79 Å². The summed E-state index contributed by atoms with van der Waals surface area (Å²) in [4.78, 5) is 15.0. The van der Waals surface area contributed by atoms with Crippen LogP contribution in [0.4, 0.5) is 0 Å². The van der Waals surface area contributed by atoms with Crippen molar-refractivity contribution in [1.82, 2.24) is 10.2 Å². The Kier molecular flexibility index (Phi) is 7.35. The van der Waals surface area contributed by atoms with E-state index in [1.807, 2.05) is 56.3 Å². The molecule has 0 aromatic heterocycles. The van der Waals surface area contributed by atoms with Crippen LogP contribution >= 0.6 is 11.6 Å². The number of hydrogen-bond acceptors (Lipinski definition) is 3. The molecule has 0 aliphatic carbocycles. The molecule has 2 aromatic carbocycles. The third kappa shape index (κ3) is 5.98. The van der Waals surface area contributed by atoms with Gasteiger partial charge in [-0.05, 0) is 69.1 Å². The van der Waals surface area contributed by atoms with Gasteiger partial charge in [-0.2, -0.15) is 0 Å². The van der Waals surface area contributed by atoms with E-state index in [2.05, 4.69) is 16.3 Å². The van der Waals surface area contributed by atoms with E-state index in [0.717, 1.165) is 48.8 Å². The van der Waals surface area contributed by atoms with Gasteiger partial charge in [0.15, 0.2) is 0 Å². The van der Waals surface area contributed by atoms with Gasteiger partial charge in [-0.3, -0.25) is 9.69 Å². The fraction of sp³-hybridized carbons (Fsp3) is 0.435. The molecular formula is C23H29ClN2O2. The van der Waals surface area contributed by atoms with Crippen LogP contribution in [0.3, 0.4) is 0 Å². The summed E-state index contributed by atoms with van der Waals surface area (Å²) >= 11 is 6.07. The molecule has 1 heterocycles. The number of nitrogens with zero attached hydrogens (tertiary/aromatic N) is 1. The summed E-state index contributed by atoms with van der Waals surface area (Å²) < 4.78 is 5.85. The lowest BCUT2D eigenvalue weighted by Gasteiger charge is -2.32. The molecule has 2 aromatic rings. The molecule has 1 aliphatic heterocycles. The lowest BCUT2D eigenvalue weighted by molar-refractivity contribution is -0.127. The van der Waals surface area contributed by atoms with Crippen LogP contribution in [0.2, 0.25) is 5.02 Å². The van der Waals surface area contributed by atoms with E-state index in [4.69, 9.17) is 16.3 Å². The number of nitrogens with one attached hydrogen (secondary N) is 1. The van der Waals surface area contributed by atoms with Crippen LogP contribution in [0, 0.1) is 12.8 Å². The number of halogens is 1. The van der Waals surface area contributed by atoms with E-state index in [0.29, 0.717) is 6.61 Å². The first-order chi connectivity index (χ1) is 13.5. The number of rotatable bonds is 7.